The number of sulfone groups is 1. The van der Waals surface area contributed by atoms with Gasteiger partial charge in [0.25, 0.3) is 0 Å². The van der Waals surface area contributed by atoms with Crippen LogP contribution in [0.4, 0.5) is 0 Å². The van der Waals surface area contributed by atoms with Crippen molar-refractivity contribution in [2.75, 3.05) is 24.7 Å². The summed E-state index contributed by atoms with van der Waals surface area (Å²) in [6.07, 6.45) is 1.66. The van der Waals surface area contributed by atoms with Crippen LogP contribution < -0.4 is 5.32 Å². The van der Waals surface area contributed by atoms with Crippen molar-refractivity contribution in [1.82, 2.24) is 5.32 Å². The molecule has 7 heteroatoms. The van der Waals surface area contributed by atoms with E-state index in [0.717, 1.165) is 12.8 Å². The summed E-state index contributed by atoms with van der Waals surface area (Å²) in [5.41, 5.74) is 0. The van der Waals surface area contributed by atoms with Crippen LogP contribution in [0.1, 0.15) is 12.8 Å². The highest BCUT2D eigenvalue weighted by molar-refractivity contribution is 7.91. The second kappa shape index (κ2) is 5.12. The Kier molecular flexibility index (Phi) is 3.95. The lowest BCUT2D eigenvalue weighted by Gasteiger charge is -2.23. The van der Waals surface area contributed by atoms with Crippen LogP contribution in [0.2, 0.25) is 0 Å². The van der Waals surface area contributed by atoms with Crippen molar-refractivity contribution in [3.8, 4) is 0 Å². The van der Waals surface area contributed by atoms with Crippen molar-refractivity contribution >= 4 is 27.3 Å². The SMILES string of the molecule is O=C(NC1CS(=O)(=O)CC1Cl)C1CCCOC1. The fourth-order valence-corrected chi connectivity index (χ4v) is 4.73. The molecule has 5 nitrogen and oxygen atoms in total. The molecule has 1 amide bonds. The highest BCUT2D eigenvalue weighted by Crippen LogP contribution is 2.20. The number of hydrogen-bond acceptors (Lipinski definition) is 4. The zero-order valence-electron chi connectivity index (χ0n) is 9.39. The van der Waals surface area contributed by atoms with Crippen LogP contribution in [0.3, 0.4) is 0 Å². The first-order chi connectivity index (χ1) is 7.98. The largest absolute Gasteiger partial charge is 0.381 e. The molecule has 3 unspecified atom stereocenters. The first-order valence-corrected chi connectivity index (χ1v) is 7.96. The van der Waals surface area contributed by atoms with E-state index in [4.69, 9.17) is 16.3 Å². The Balaban J connectivity index is 1.90. The maximum absolute atomic E-state index is 11.9. The molecule has 1 N–H and O–H groups in total. The van der Waals surface area contributed by atoms with Crippen molar-refractivity contribution in [2.24, 2.45) is 5.92 Å². The van der Waals surface area contributed by atoms with Crippen molar-refractivity contribution in [3.63, 3.8) is 0 Å². The topological polar surface area (TPSA) is 72.5 Å². The van der Waals surface area contributed by atoms with Gasteiger partial charge in [0.05, 0.1) is 35.4 Å². The normalized spacial score (nSPS) is 36.6. The molecule has 2 rings (SSSR count). The number of ether oxygens (including phenoxy) is 1. The number of hydrogen-bond donors (Lipinski definition) is 1. The summed E-state index contributed by atoms with van der Waals surface area (Å²) >= 11 is 5.92. The lowest BCUT2D eigenvalue weighted by atomic mass is 10.0. The molecule has 2 saturated heterocycles. The second-order valence-corrected chi connectivity index (χ2v) is 7.34. The predicted octanol–water partition coefficient (Wildman–Crippen LogP) is -0.0664. The summed E-state index contributed by atoms with van der Waals surface area (Å²) in [6, 6.07) is -0.462. The molecule has 2 aliphatic rings. The summed E-state index contributed by atoms with van der Waals surface area (Å²) < 4.78 is 27.9. The maximum atomic E-state index is 11.9. The zero-order chi connectivity index (χ0) is 12.5. The predicted molar refractivity (Wildman–Crippen MR) is 63.8 cm³/mol. The van der Waals surface area contributed by atoms with E-state index in [0.29, 0.717) is 13.2 Å². The molecule has 2 aliphatic heterocycles. The molecule has 0 saturated carbocycles. The highest BCUT2D eigenvalue weighted by atomic mass is 35.5. The summed E-state index contributed by atoms with van der Waals surface area (Å²) in [5, 5.41) is 2.20. The van der Waals surface area contributed by atoms with E-state index in [1.807, 2.05) is 0 Å². The lowest BCUT2D eigenvalue weighted by Crippen LogP contribution is -2.45. The van der Waals surface area contributed by atoms with Crippen molar-refractivity contribution in [2.45, 2.75) is 24.3 Å². The van der Waals surface area contributed by atoms with E-state index in [2.05, 4.69) is 5.32 Å². The molecule has 0 aromatic carbocycles. The van der Waals surface area contributed by atoms with Crippen LogP contribution in [-0.2, 0) is 19.4 Å². The van der Waals surface area contributed by atoms with Gasteiger partial charge in [-0.2, -0.15) is 0 Å². The van der Waals surface area contributed by atoms with Crippen LogP contribution in [0.25, 0.3) is 0 Å². The Labute approximate surface area is 106 Å². The van der Waals surface area contributed by atoms with Gasteiger partial charge in [0.2, 0.25) is 5.91 Å². The van der Waals surface area contributed by atoms with E-state index >= 15 is 0 Å². The average molecular weight is 282 g/mol. The van der Waals surface area contributed by atoms with Crippen LogP contribution in [0, 0.1) is 5.92 Å². The molecule has 98 valence electrons. The molecule has 0 aliphatic carbocycles. The molecular weight excluding hydrogens is 266 g/mol. The van der Waals surface area contributed by atoms with Gasteiger partial charge in [-0.05, 0) is 12.8 Å². The molecule has 0 radical (unpaired) electrons. The maximum Gasteiger partial charge on any atom is 0.225 e. The molecule has 0 bridgehead atoms. The van der Waals surface area contributed by atoms with E-state index in [1.54, 1.807) is 0 Å². The minimum atomic E-state index is -3.10. The average Bonchev–Trinajstić information content (AvgIpc) is 2.53. The van der Waals surface area contributed by atoms with Gasteiger partial charge in [0, 0.05) is 6.61 Å². The zero-order valence-corrected chi connectivity index (χ0v) is 11.0. The Hall–Kier alpha value is -0.330. The van der Waals surface area contributed by atoms with Crippen molar-refractivity contribution < 1.29 is 17.9 Å². The van der Waals surface area contributed by atoms with Crippen LogP contribution in [-0.4, -0.2) is 50.5 Å². The Morgan fingerprint density at radius 3 is 2.65 bits per heavy atom. The third-order valence-electron chi connectivity index (χ3n) is 3.14. The van der Waals surface area contributed by atoms with Crippen LogP contribution >= 0.6 is 11.6 Å². The molecule has 0 aromatic rings. The van der Waals surface area contributed by atoms with Gasteiger partial charge >= 0.3 is 0 Å². The molecular formula is C10H16ClNO4S. The smallest absolute Gasteiger partial charge is 0.225 e. The Morgan fingerprint density at radius 1 is 1.35 bits per heavy atom. The minimum Gasteiger partial charge on any atom is -0.381 e. The van der Waals surface area contributed by atoms with Crippen LogP contribution in [0.5, 0.6) is 0 Å². The lowest BCUT2D eigenvalue weighted by molar-refractivity contribution is -0.129. The van der Waals surface area contributed by atoms with Gasteiger partial charge in [-0.1, -0.05) is 0 Å². The summed E-state index contributed by atoms with van der Waals surface area (Å²) in [6.45, 7) is 1.11. The van der Waals surface area contributed by atoms with Crippen molar-refractivity contribution in [1.29, 1.82) is 0 Å². The molecule has 3 atom stereocenters. The van der Waals surface area contributed by atoms with Gasteiger partial charge in [0.1, 0.15) is 0 Å². The van der Waals surface area contributed by atoms with E-state index in [-0.39, 0.29) is 23.3 Å². The van der Waals surface area contributed by atoms with Gasteiger partial charge < -0.3 is 10.1 Å². The Bertz CT molecular complexity index is 391. The monoisotopic (exact) mass is 281 g/mol. The third kappa shape index (κ3) is 3.33. The first-order valence-electron chi connectivity index (χ1n) is 5.70. The highest BCUT2D eigenvalue weighted by Gasteiger charge is 2.38. The van der Waals surface area contributed by atoms with E-state index < -0.39 is 21.3 Å². The van der Waals surface area contributed by atoms with Gasteiger partial charge in [-0.25, -0.2) is 8.42 Å². The molecule has 0 spiro atoms. The van der Waals surface area contributed by atoms with Gasteiger partial charge in [-0.3, -0.25) is 4.79 Å². The number of nitrogens with one attached hydrogen (secondary N) is 1. The van der Waals surface area contributed by atoms with Crippen LogP contribution in [0.15, 0.2) is 0 Å². The van der Waals surface area contributed by atoms with Gasteiger partial charge in [0.15, 0.2) is 9.84 Å². The minimum absolute atomic E-state index is 0.0549. The molecule has 2 fully saturated rings. The molecule has 0 aromatic heterocycles. The van der Waals surface area contributed by atoms with Gasteiger partial charge in [-0.15, -0.1) is 11.6 Å². The van der Waals surface area contributed by atoms with E-state index in [9.17, 15) is 13.2 Å². The summed E-state index contributed by atoms with van der Waals surface area (Å²) in [7, 11) is -3.10. The first kappa shape index (κ1) is 13.1. The fraction of sp³-hybridized carbons (Fsp3) is 0.900. The summed E-state index contributed by atoms with van der Waals surface area (Å²) in [4.78, 5) is 11.9. The number of amides is 1. The number of alkyl halides is 1. The quantitative estimate of drug-likeness (QED) is 0.720. The third-order valence-corrected chi connectivity index (χ3v) is 5.52. The number of rotatable bonds is 2. The fourth-order valence-electron chi connectivity index (χ4n) is 2.18. The number of carbonyl (C=O) groups is 1. The molecule has 2 heterocycles. The summed E-state index contributed by atoms with van der Waals surface area (Å²) in [5.74, 6) is -0.422. The Morgan fingerprint density at radius 2 is 2.12 bits per heavy atom. The van der Waals surface area contributed by atoms with Crippen molar-refractivity contribution in [3.05, 3.63) is 0 Å². The van der Waals surface area contributed by atoms with E-state index in [1.165, 1.54) is 0 Å². The number of halogens is 1. The second-order valence-electron chi connectivity index (χ2n) is 4.62. The molecule has 17 heavy (non-hydrogen) atoms. The number of carbonyl (C=O) groups excluding carboxylic acids is 1. The standard InChI is InChI=1S/C10H16ClNO4S/c11-8-5-17(14,15)6-9(8)12-10(13)7-2-1-3-16-4-7/h7-9H,1-6H2,(H,12,13).